The first-order chi connectivity index (χ1) is 21.7. The summed E-state index contributed by atoms with van der Waals surface area (Å²) in [5.41, 5.74) is 1.70. The predicted octanol–water partition coefficient (Wildman–Crippen LogP) is 4.24. The third kappa shape index (κ3) is 5.49. The Hall–Kier alpha value is -4.88. The maximum Gasteiger partial charge on any atom is 0.338 e. The summed E-state index contributed by atoms with van der Waals surface area (Å²) in [4.78, 5) is 67.9. The van der Waals surface area contributed by atoms with E-state index in [4.69, 9.17) is 9.47 Å². The van der Waals surface area contributed by atoms with E-state index in [2.05, 4.69) is 5.32 Å². The molecule has 0 bridgehead atoms. The summed E-state index contributed by atoms with van der Waals surface area (Å²) >= 11 is 2.00. The van der Waals surface area contributed by atoms with Crippen molar-refractivity contribution >= 4 is 58.2 Å². The Bertz CT molecular complexity index is 1870. The molecule has 1 aromatic heterocycles. The molecule has 11 nitrogen and oxygen atoms in total. The van der Waals surface area contributed by atoms with Gasteiger partial charge in [-0.15, -0.1) is 0 Å². The number of para-hydroxylation sites is 1. The van der Waals surface area contributed by atoms with Crippen molar-refractivity contribution in [2.45, 2.75) is 29.7 Å². The van der Waals surface area contributed by atoms with Crippen LogP contribution < -0.4 is 19.8 Å². The number of benzene rings is 3. The van der Waals surface area contributed by atoms with Crippen LogP contribution in [-0.2, 0) is 25.7 Å². The van der Waals surface area contributed by atoms with Crippen LogP contribution in [0, 0.1) is 5.92 Å². The highest BCUT2D eigenvalue weighted by Crippen LogP contribution is 2.54. The smallest absolute Gasteiger partial charge is 0.338 e. The summed E-state index contributed by atoms with van der Waals surface area (Å²) in [5.74, 6) is -3.50. The minimum absolute atomic E-state index is 0.108. The van der Waals surface area contributed by atoms with Gasteiger partial charge in [-0.05, 0) is 61.0 Å². The first-order valence-electron chi connectivity index (χ1n) is 14.0. The minimum atomic E-state index is -0.919. The number of aromatic nitrogens is 1. The summed E-state index contributed by atoms with van der Waals surface area (Å²) in [7, 11) is 1.40. The molecule has 0 saturated carbocycles. The van der Waals surface area contributed by atoms with Crippen molar-refractivity contribution in [3.8, 4) is 11.5 Å². The van der Waals surface area contributed by atoms with E-state index < -0.39 is 45.6 Å². The lowest BCUT2D eigenvalue weighted by Gasteiger charge is -2.31. The van der Waals surface area contributed by atoms with Crippen LogP contribution in [-0.4, -0.2) is 52.3 Å². The van der Waals surface area contributed by atoms with Gasteiger partial charge in [-0.1, -0.05) is 47.4 Å². The summed E-state index contributed by atoms with van der Waals surface area (Å²) in [6, 6.07) is 19.5. The van der Waals surface area contributed by atoms with E-state index in [9.17, 15) is 29.1 Å². The van der Waals surface area contributed by atoms with Gasteiger partial charge in [0, 0.05) is 16.5 Å². The van der Waals surface area contributed by atoms with Crippen LogP contribution in [0.5, 0.6) is 11.5 Å². The van der Waals surface area contributed by atoms with Crippen LogP contribution in [0.15, 0.2) is 82.6 Å². The van der Waals surface area contributed by atoms with E-state index in [1.54, 1.807) is 43.3 Å². The number of phenolic OH excluding ortho intramolecular Hbond substituents is 1. The maximum atomic E-state index is 14.1. The fraction of sp³-hybridized carbons (Fsp3) is 0.219. The van der Waals surface area contributed by atoms with E-state index in [1.807, 2.05) is 6.07 Å². The molecule has 0 spiro atoms. The topological polar surface area (TPSA) is 144 Å². The van der Waals surface area contributed by atoms with Gasteiger partial charge in [-0.3, -0.25) is 23.7 Å². The summed E-state index contributed by atoms with van der Waals surface area (Å²) in [6.07, 6.45) is 0. The Balaban J connectivity index is 1.40. The number of hydrogen-bond acceptors (Lipinski definition) is 10. The molecule has 0 aliphatic carbocycles. The van der Waals surface area contributed by atoms with E-state index in [-0.39, 0.29) is 35.9 Å². The zero-order valence-corrected chi connectivity index (χ0v) is 25.7. The zero-order chi connectivity index (χ0) is 31.8. The zero-order valence-electron chi connectivity index (χ0n) is 24.1. The number of esters is 1. The van der Waals surface area contributed by atoms with Gasteiger partial charge in [0.05, 0.1) is 35.9 Å². The van der Waals surface area contributed by atoms with Crippen LogP contribution in [0.3, 0.4) is 0 Å². The van der Waals surface area contributed by atoms with Gasteiger partial charge in [-0.2, -0.15) is 0 Å². The molecule has 3 heterocycles. The van der Waals surface area contributed by atoms with Crippen molar-refractivity contribution in [1.82, 2.24) is 4.57 Å². The molecular weight excluding hydrogens is 618 g/mol. The number of rotatable bonds is 8. The second kappa shape index (κ2) is 12.3. The van der Waals surface area contributed by atoms with Crippen LogP contribution in [0.1, 0.15) is 33.6 Å². The van der Waals surface area contributed by atoms with Gasteiger partial charge in [0.2, 0.25) is 17.7 Å². The molecule has 230 valence electrons. The van der Waals surface area contributed by atoms with Crippen molar-refractivity contribution < 1.29 is 33.8 Å². The molecule has 1 saturated heterocycles. The van der Waals surface area contributed by atoms with Gasteiger partial charge < -0.3 is 19.9 Å². The Morgan fingerprint density at radius 3 is 2.40 bits per heavy atom. The number of methoxy groups -OCH3 is 1. The normalized spacial score (nSPS) is 18.7. The molecule has 2 aliphatic rings. The van der Waals surface area contributed by atoms with E-state index >= 15 is 0 Å². The second-order valence-corrected chi connectivity index (χ2v) is 12.4. The third-order valence-electron chi connectivity index (χ3n) is 7.61. The van der Waals surface area contributed by atoms with E-state index in [0.29, 0.717) is 21.2 Å². The van der Waals surface area contributed by atoms with E-state index in [1.165, 1.54) is 42.0 Å². The van der Waals surface area contributed by atoms with Crippen molar-refractivity contribution in [2.24, 2.45) is 5.92 Å². The average Bonchev–Trinajstić information content (AvgIpc) is 3.48. The molecule has 3 aromatic carbocycles. The van der Waals surface area contributed by atoms with E-state index in [0.717, 1.165) is 28.0 Å². The van der Waals surface area contributed by atoms with Gasteiger partial charge in [0.25, 0.3) is 0 Å². The van der Waals surface area contributed by atoms with Crippen LogP contribution in [0.2, 0.25) is 0 Å². The molecule has 0 radical (unpaired) electrons. The van der Waals surface area contributed by atoms with Crippen molar-refractivity contribution in [3.05, 3.63) is 98.5 Å². The van der Waals surface area contributed by atoms with Gasteiger partial charge in [0.1, 0.15) is 11.8 Å². The number of aromatic hydroxyl groups is 1. The molecule has 3 atom stereocenters. The number of imide groups is 1. The number of carbonyl (C=O) groups excluding carboxylic acids is 4. The van der Waals surface area contributed by atoms with Gasteiger partial charge >= 0.3 is 10.8 Å². The summed E-state index contributed by atoms with van der Waals surface area (Å²) in [5, 5.41) is 12.6. The van der Waals surface area contributed by atoms with Crippen LogP contribution in [0.4, 0.5) is 11.4 Å². The number of anilines is 2. The van der Waals surface area contributed by atoms with Crippen molar-refractivity contribution in [2.75, 3.05) is 23.9 Å². The predicted molar refractivity (Wildman–Crippen MR) is 168 cm³/mol. The quantitative estimate of drug-likeness (QED) is 0.212. The molecule has 6 rings (SSSR count). The Morgan fingerprint density at radius 1 is 0.978 bits per heavy atom. The number of carbonyl (C=O) groups is 4. The molecule has 2 N–H and O–H groups in total. The summed E-state index contributed by atoms with van der Waals surface area (Å²) in [6.45, 7) is 1.61. The SMILES string of the molecule is CCOC(=O)c1ccc(N2C(=O)C3Sc4c(sc(=O)n4CC(=O)Nc4ccccc4)C(c4ccc(O)c(OC)c4)C3C2=O)cc1. The highest BCUT2D eigenvalue weighted by molar-refractivity contribution is 8.00. The van der Waals surface area contributed by atoms with Crippen molar-refractivity contribution in [3.63, 3.8) is 0 Å². The first-order valence-corrected chi connectivity index (χ1v) is 15.7. The monoisotopic (exact) mass is 645 g/mol. The Morgan fingerprint density at radius 2 is 1.71 bits per heavy atom. The fourth-order valence-corrected chi connectivity index (χ4v) is 8.36. The highest BCUT2D eigenvalue weighted by atomic mass is 32.2. The molecule has 45 heavy (non-hydrogen) atoms. The molecular formula is C32H27N3O8S2. The Labute approximate surface area is 265 Å². The number of amides is 3. The molecule has 1 fully saturated rings. The number of nitrogens with zero attached hydrogens (tertiary/aromatic N) is 2. The Kier molecular flexibility index (Phi) is 8.21. The number of hydrogen-bond donors (Lipinski definition) is 2. The number of nitrogens with one attached hydrogen (secondary N) is 1. The molecule has 3 unspecified atom stereocenters. The lowest BCUT2D eigenvalue weighted by atomic mass is 9.83. The highest BCUT2D eigenvalue weighted by Gasteiger charge is 2.57. The van der Waals surface area contributed by atoms with Gasteiger partial charge in [-0.25, -0.2) is 9.69 Å². The maximum absolute atomic E-state index is 14.1. The van der Waals surface area contributed by atoms with Crippen LogP contribution >= 0.6 is 23.1 Å². The lowest BCUT2D eigenvalue weighted by Crippen LogP contribution is -2.33. The van der Waals surface area contributed by atoms with Crippen LogP contribution in [0.25, 0.3) is 0 Å². The minimum Gasteiger partial charge on any atom is -0.504 e. The second-order valence-electron chi connectivity index (χ2n) is 10.3. The molecule has 13 heteroatoms. The number of ether oxygens (including phenoxy) is 2. The number of fused-ring (bicyclic) bond motifs is 2. The molecule has 2 aliphatic heterocycles. The number of thiazole rings is 1. The average molecular weight is 646 g/mol. The summed E-state index contributed by atoms with van der Waals surface area (Å²) < 4.78 is 11.7. The van der Waals surface area contributed by atoms with Crippen molar-refractivity contribution in [1.29, 1.82) is 0 Å². The lowest BCUT2D eigenvalue weighted by molar-refractivity contribution is -0.122. The standard InChI is InChI=1S/C32H27N3O8S2/c1-3-43-31(40)17-9-12-20(13-10-17)35-28(38)25-24(18-11-14-21(36)22(15-18)42-2)27-30(44-26(25)29(35)39)34(32(41)45-27)16-23(37)33-19-7-5-4-6-8-19/h4-15,24-26,36H,3,16H2,1-2H3,(H,33,37). The van der Waals surface area contributed by atoms with Gasteiger partial charge in [0.15, 0.2) is 11.5 Å². The third-order valence-corrected chi connectivity index (χ3v) is 10.2. The molecule has 4 aromatic rings. The largest absolute Gasteiger partial charge is 0.504 e. The molecule has 3 amide bonds. The number of thioether (sulfide) groups is 1. The fourth-order valence-electron chi connectivity index (χ4n) is 5.58. The first kappa shape index (κ1) is 30.2. The number of phenols is 1.